The van der Waals surface area contributed by atoms with Gasteiger partial charge in [-0.05, 0) is 46.3 Å². The molecule has 2 rings (SSSR count). The van der Waals surface area contributed by atoms with Crippen molar-refractivity contribution in [2.24, 2.45) is 0 Å². The molecule has 5 heteroatoms. The molecular weight excluding hydrogens is 314 g/mol. The van der Waals surface area contributed by atoms with Crippen LogP contribution < -0.4 is 11.1 Å². The van der Waals surface area contributed by atoms with Crippen LogP contribution in [0.15, 0.2) is 40.9 Å². The lowest BCUT2D eigenvalue weighted by Crippen LogP contribution is -1.97. The van der Waals surface area contributed by atoms with Gasteiger partial charge in [-0.2, -0.15) is 5.26 Å². The molecule has 3 N–H and O–H groups in total. The predicted octanol–water partition coefficient (Wildman–Crippen LogP) is 4.30. The third kappa shape index (κ3) is 2.58. The van der Waals surface area contributed by atoms with Crippen LogP contribution in [-0.2, 0) is 0 Å². The van der Waals surface area contributed by atoms with Crippen LogP contribution in [-0.4, -0.2) is 0 Å². The zero-order valence-corrected chi connectivity index (χ0v) is 11.6. The van der Waals surface area contributed by atoms with Gasteiger partial charge in [-0.15, -0.1) is 0 Å². The molecular formula is C13H9BrClN3. The van der Waals surface area contributed by atoms with Crippen molar-refractivity contribution < 1.29 is 0 Å². The van der Waals surface area contributed by atoms with Gasteiger partial charge in [-0.1, -0.05) is 17.7 Å². The monoisotopic (exact) mass is 321 g/mol. The van der Waals surface area contributed by atoms with Crippen molar-refractivity contribution in [3.8, 4) is 6.07 Å². The third-order valence-electron chi connectivity index (χ3n) is 2.42. The molecule has 3 nitrogen and oxygen atoms in total. The van der Waals surface area contributed by atoms with E-state index in [-0.39, 0.29) is 0 Å². The highest BCUT2D eigenvalue weighted by Gasteiger charge is 2.06. The normalized spacial score (nSPS) is 9.83. The maximum Gasteiger partial charge on any atom is 0.0992 e. The molecule has 0 aliphatic rings. The molecule has 0 saturated carbocycles. The number of para-hydroxylation sites is 1. The van der Waals surface area contributed by atoms with E-state index in [2.05, 4.69) is 27.3 Å². The van der Waals surface area contributed by atoms with Crippen LogP contribution in [0.25, 0.3) is 0 Å². The van der Waals surface area contributed by atoms with Crippen molar-refractivity contribution in [3.05, 3.63) is 51.5 Å². The minimum absolute atomic E-state index is 0.496. The molecule has 0 atom stereocenters. The molecule has 0 spiro atoms. The molecule has 2 aromatic carbocycles. The number of nitrogens with two attached hydrogens (primary N) is 1. The van der Waals surface area contributed by atoms with Crippen LogP contribution in [0.1, 0.15) is 5.56 Å². The summed E-state index contributed by atoms with van der Waals surface area (Å²) in [5.41, 5.74) is 8.51. The number of hydrogen-bond donors (Lipinski definition) is 2. The van der Waals surface area contributed by atoms with Crippen LogP contribution in [0.4, 0.5) is 17.1 Å². The summed E-state index contributed by atoms with van der Waals surface area (Å²) < 4.78 is 0.793. The quantitative estimate of drug-likeness (QED) is 0.810. The fourth-order valence-electron chi connectivity index (χ4n) is 1.48. The van der Waals surface area contributed by atoms with E-state index in [1.807, 2.05) is 18.2 Å². The van der Waals surface area contributed by atoms with Gasteiger partial charge in [0, 0.05) is 4.47 Å². The fourth-order valence-corrected chi connectivity index (χ4v) is 2.13. The van der Waals surface area contributed by atoms with Gasteiger partial charge >= 0.3 is 0 Å². The first kappa shape index (κ1) is 12.7. The molecule has 2 aromatic rings. The van der Waals surface area contributed by atoms with Gasteiger partial charge in [0.05, 0.1) is 33.7 Å². The average Bonchev–Trinajstić information content (AvgIpc) is 2.37. The minimum Gasteiger partial charge on any atom is -0.396 e. The first-order valence-corrected chi connectivity index (χ1v) is 6.29. The molecule has 0 bridgehead atoms. The molecule has 0 saturated heterocycles. The third-order valence-corrected chi connectivity index (χ3v) is 3.41. The van der Waals surface area contributed by atoms with Gasteiger partial charge in [0.25, 0.3) is 0 Å². The maximum atomic E-state index is 8.79. The number of benzene rings is 2. The highest BCUT2D eigenvalue weighted by atomic mass is 79.9. The highest BCUT2D eigenvalue weighted by Crippen LogP contribution is 2.32. The Bertz CT molecular complexity index is 635. The van der Waals surface area contributed by atoms with Crippen LogP contribution in [0.2, 0.25) is 5.02 Å². The number of rotatable bonds is 2. The zero-order chi connectivity index (χ0) is 13.1. The van der Waals surface area contributed by atoms with Crippen LogP contribution in [0.3, 0.4) is 0 Å². The van der Waals surface area contributed by atoms with Crippen molar-refractivity contribution >= 4 is 44.6 Å². The Kier molecular flexibility index (Phi) is 3.75. The number of nitrogens with one attached hydrogen (secondary N) is 1. The topological polar surface area (TPSA) is 61.8 Å². The van der Waals surface area contributed by atoms with E-state index in [1.165, 1.54) is 0 Å². The van der Waals surface area contributed by atoms with Gasteiger partial charge < -0.3 is 11.1 Å². The van der Waals surface area contributed by atoms with Crippen LogP contribution in [0.5, 0.6) is 0 Å². The highest BCUT2D eigenvalue weighted by molar-refractivity contribution is 9.10. The number of nitrogens with zero attached hydrogens (tertiary/aromatic N) is 1. The van der Waals surface area contributed by atoms with E-state index in [9.17, 15) is 0 Å². The van der Waals surface area contributed by atoms with Gasteiger partial charge in [-0.25, -0.2) is 0 Å². The number of hydrogen-bond acceptors (Lipinski definition) is 3. The molecule has 0 unspecified atom stereocenters. The summed E-state index contributed by atoms with van der Waals surface area (Å²) in [7, 11) is 0. The number of nitriles is 1. The first-order valence-electron chi connectivity index (χ1n) is 5.12. The maximum absolute atomic E-state index is 8.79. The van der Waals surface area contributed by atoms with Gasteiger partial charge in [-0.3, -0.25) is 0 Å². The summed E-state index contributed by atoms with van der Waals surface area (Å²) in [4.78, 5) is 0. The summed E-state index contributed by atoms with van der Waals surface area (Å²) in [6.45, 7) is 0. The molecule has 0 amide bonds. The van der Waals surface area contributed by atoms with Crippen molar-refractivity contribution in [1.82, 2.24) is 0 Å². The van der Waals surface area contributed by atoms with E-state index in [1.54, 1.807) is 18.2 Å². The molecule has 90 valence electrons. The molecule has 0 fully saturated rings. The van der Waals surface area contributed by atoms with Crippen LogP contribution >= 0.6 is 27.5 Å². The molecule has 0 aromatic heterocycles. The van der Waals surface area contributed by atoms with Gasteiger partial charge in [0.15, 0.2) is 0 Å². The van der Waals surface area contributed by atoms with Gasteiger partial charge in [0.2, 0.25) is 0 Å². The van der Waals surface area contributed by atoms with E-state index >= 15 is 0 Å². The average molecular weight is 323 g/mol. The second-order valence-electron chi connectivity index (χ2n) is 3.63. The number of anilines is 3. The second kappa shape index (κ2) is 5.30. The van der Waals surface area contributed by atoms with Crippen molar-refractivity contribution in [2.45, 2.75) is 0 Å². The van der Waals surface area contributed by atoms with E-state index in [4.69, 9.17) is 22.6 Å². The molecule has 18 heavy (non-hydrogen) atoms. The first-order chi connectivity index (χ1) is 8.61. The predicted molar refractivity (Wildman–Crippen MR) is 78.0 cm³/mol. The molecule has 0 aliphatic carbocycles. The minimum atomic E-state index is 0.496. The summed E-state index contributed by atoms with van der Waals surface area (Å²) >= 11 is 9.35. The summed E-state index contributed by atoms with van der Waals surface area (Å²) in [6.07, 6.45) is 0. The largest absolute Gasteiger partial charge is 0.396 e. The van der Waals surface area contributed by atoms with Crippen LogP contribution in [0, 0.1) is 11.3 Å². The Labute approximate surface area is 118 Å². The number of nitrogen functional groups attached to an aromatic ring is 1. The Morgan fingerprint density at radius 1 is 1.22 bits per heavy atom. The zero-order valence-electron chi connectivity index (χ0n) is 9.24. The second-order valence-corrected chi connectivity index (χ2v) is 4.89. The van der Waals surface area contributed by atoms with Crippen molar-refractivity contribution in [3.63, 3.8) is 0 Å². The summed E-state index contributed by atoms with van der Waals surface area (Å²) in [5, 5.41) is 12.5. The SMILES string of the molecule is N#Cc1ccc(Nc2cccc(Cl)c2N)c(Br)c1. The van der Waals surface area contributed by atoms with E-state index in [0.29, 0.717) is 16.3 Å². The molecule has 0 radical (unpaired) electrons. The summed E-state index contributed by atoms with van der Waals surface area (Å²) in [6, 6.07) is 12.7. The smallest absolute Gasteiger partial charge is 0.0992 e. The molecule has 0 heterocycles. The van der Waals surface area contributed by atoms with E-state index in [0.717, 1.165) is 15.8 Å². The lowest BCUT2D eigenvalue weighted by atomic mass is 10.2. The fraction of sp³-hybridized carbons (Fsp3) is 0. The summed E-state index contributed by atoms with van der Waals surface area (Å²) in [5.74, 6) is 0. The van der Waals surface area contributed by atoms with Gasteiger partial charge in [0.1, 0.15) is 0 Å². The van der Waals surface area contributed by atoms with E-state index < -0.39 is 0 Å². The van der Waals surface area contributed by atoms with Crippen molar-refractivity contribution in [2.75, 3.05) is 11.1 Å². The Morgan fingerprint density at radius 3 is 2.67 bits per heavy atom. The van der Waals surface area contributed by atoms with Crippen molar-refractivity contribution in [1.29, 1.82) is 5.26 Å². The standard InChI is InChI=1S/C13H9BrClN3/c14-9-6-8(7-16)4-5-11(9)18-12-3-1-2-10(15)13(12)17/h1-6,18H,17H2. The Morgan fingerprint density at radius 2 is 2.00 bits per heavy atom. The Balaban J connectivity index is 2.35. The lowest BCUT2D eigenvalue weighted by molar-refractivity contribution is 1.46. The molecule has 0 aliphatic heterocycles. The lowest BCUT2D eigenvalue weighted by Gasteiger charge is -2.11. The number of halogens is 2. The Hall–Kier alpha value is -1.70.